The number of hydrogen-bond acceptors (Lipinski definition) is 2. The van der Waals surface area contributed by atoms with Gasteiger partial charge in [0, 0.05) is 23.9 Å². The number of nitrogens with zero attached hydrogens (tertiary/aromatic N) is 1. The minimum Gasteiger partial charge on any atom is -0.325 e. The predicted molar refractivity (Wildman–Crippen MR) is 60.7 cm³/mol. The zero-order valence-corrected chi connectivity index (χ0v) is 9.49. The fourth-order valence-electron chi connectivity index (χ4n) is 0.970. The Morgan fingerprint density at radius 1 is 1.31 bits per heavy atom. The molecule has 0 bridgehead atoms. The van der Waals surface area contributed by atoms with Crippen molar-refractivity contribution in [1.29, 1.82) is 0 Å². The third-order valence-corrected chi connectivity index (χ3v) is 1.36. The second kappa shape index (κ2) is 6.19. The molecule has 0 unspecified atom stereocenters. The average Bonchev–Trinajstić information content (AvgIpc) is 1.85. The second-order valence-electron chi connectivity index (χ2n) is 3.49. The summed E-state index contributed by atoms with van der Waals surface area (Å²) in [6, 6.07) is 5.88. The maximum absolute atomic E-state index is 5.83. The first-order chi connectivity index (χ1) is 5.08. The molecule has 1 aromatic rings. The molecule has 0 saturated heterocycles. The summed E-state index contributed by atoms with van der Waals surface area (Å²) in [7, 11) is 0. The van der Waals surface area contributed by atoms with Crippen molar-refractivity contribution >= 4 is 24.8 Å². The number of pyridine rings is 1. The van der Waals surface area contributed by atoms with E-state index in [0.29, 0.717) is 0 Å². The summed E-state index contributed by atoms with van der Waals surface area (Å²) < 4.78 is 0. The van der Waals surface area contributed by atoms with Crippen molar-refractivity contribution in [2.45, 2.75) is 25.8 Å². The first-order valence-corrected chi connectivity index (χ1v) is 3.77. The Hall–Kier alpha value is -0.310. The van der Waals surface area contributed by atoms with Crippen molar-refractivity contribution in [1.82, 2.24) is 4.98 Å². The first kappa shape index (κ1) is 15.2. The molecular formula is C9H16Cl2N2. The molecule has 0 aliphatic heterocycles. The lowest BCUT2D eigenvalue weighted by Crippen LogP contribution is -2.34. The maximum Gasteiger partial charge on any atom is 0.0421 e. The van der Waals surface area contributed by atoms with E-state index in [-0.39, 0.29) is 30.4 Å². The highest BCUT2D eigenvalue weighted by Crippen LogP contribution is 2.05. The van der Waals surface area contributed by atoms with E-state index in [4.69, 9.17) is 5.73 Å². The van der Waals surface area contributed by atoms with Crippen LogP contribution in [-0.2, 0) is 6.42 Å². The van der Waals surface area contributed by atoms with Crippen LogP contribution in [0.5, 0.6) is 0 Å². The Morgan fingerprint density at radius 2 is 1.92 bits per heavy atom. The molecule has 0 aromatic carbocycles. The molecule has 0 atom stereocenters. The van der Waals surface area contributed by atoms with Crippen LogP contribution in [0.2, 0.25) is 0 Å². The van der Waals surface area contributed by atoms with Crippen LogP contribution < -0.4 is 5.73 Å². The van der Waals surface area contributed by atoms with E-state index >= 15 is 0 Å². The van der Waals surface area contributed by atoms with Gasteiger partial charge in [-0.15, -0.1) is 24.8 Å². The van der Waals surface area contributed by atoms with Crippen molar-refractivity contribution in [3.05, 3.63) is 30.1 Å². The van der Waals surface area contributed by atoms with E-state index in [1.165, 1.54) is 0 Å². The van der Waals surface area contributed by atoms with Crippen molar-refractivity contribution in [2.24, 2.45) is 5.73 Å². The summed E-state index contributed by atoms with van der Waals surface area (Å²) >= 11 is 0. The summed E-state index contributed by atoms with van der Waals surface area (Å²) in [5, 5.41) is 0. The third kappa shape index (κ3) is 6.82. The zero-order valence-electron chi connectivity index (χ0n) is 7.86. The molecule has 76 valence electrons. The van der Waals surface area contributed by atoms with E-state index in [1.54, 1.807) is 6.20 Å². The van der Waals surface area contributed by atoms with Gasteiger partial charge in [-0.3, -0.25) is 4.98 Å². The Morgan fingerprint density at radius 3 is 2.31 bits per heavy atom. The number of hydrogen-bond donors (Lipinski definition) is 1. The Kier molecular flexibility index (Phi) is 7.23. The van der Waals surface area contributed by atoms with Gasteiger partial charge in [0.15, 0.2) is 0 Å². The molecule has 0 aliphatic carbocycles. The molecule has 0 saturated carbocycles. The molecule has 0 radical (unpaired) electrons. The van der Waals surface area contributed by atoms with Gasteiger partial charge in [0.25, 0.3) is 0 Å². The largest absolute Gasteiger partial charge is 0.325 e. The van der Waals surface area contributed by atoms with Crippen LogP contribution >= 0.6 is 24.8 Å². The minimum atomic E-state index is -0.158. The minimum absolute atomic E-state index is 0. The van der Waals surface area contributed by atoms with Crippen LogP contribution in [0.1, 0.15) is 19.5 Å². The van der Waals surface area contributed by atoms with Crippen LogP contribution in [0, 0.1) is 0 Å². The molecule has 0 fully saturated rings. The summed E-state index contributed by atoms with van der Waals surface area (Å²) in [4.78, 5) is 4.18. The molecule has 2 N–H and O–H groups in total. The summed E-state index contributed by atoms with van der Waals surface area (Å²) in [5.41, 5.74) is 6.72. The molecule has 0 amide bonds. The van der Waals surface area contributed by atoms with Crippen LogP contribution in [0.3, 0.4) is 0 Å². The average molecular weight is 223 g/mol. The van der Waals surface area contributed by atoms with Crippen molar-refractivity contribution in [3.8, 4) is 0 Å². The standard InChI is InChI=1S/C9H14N2.2ClH/c1-9(2,10)7-8-5-3-4-6-11-8;;/h3-6H,7,10H2,1-2H3;2*1H. The van der Waals surface area contributed by atoms with Crippen LogP contribution in [0.25, 0.3) is 0 Å². The molecule has 4 heteroatoms. The van der Waals surface area contributed by atoms with Gasteiger partial charge in [0.2, 0.25) is 0 Å². The van der Waals surface area contributed by atoms with E-state index in [2.05, 4.69) is 4.98 Å². The summed E-state index contributed by atoms with van der Waals surface area (Å²) in [6.45, 7) is 4.00. The van der Waals surface area contributed by atoms with Crippen LogP contribution in [0.15, 0.2) is 24.4 Å². The van der Waals surface area contributed by atoms with Gasteiger partial charge in [0.1, 0.15) is 0 Å². The van der Waals surface area contributed by atoms with E-state index in [0.717, 1.165) is 12.1 Å². The SMILES string of the molecule is CC(C)(N)Cc1ccccn1.Cl.Cl. The molecule has 1 heterocycles. The first-order valence-electron chi connectivity index (χ1n) is 3.77. The second-order valence-corrected chi connectivity index (χ2v) is 3.49. The molecule has 13 heavy (non-hydrogen) atoms. The fourth-order valence-corrected chi connectivity index (χ4v) is 0.970. The van der Waals surface area contributed by atoms with Gasteiger partial charge in [-0.2, -0.15) is 0 Å². The van der Waals surface area contributed by atoms with Crippen molar-refractivity contribution in [3.63, 3.8) is 0 Å². The van der Waals surface area contributed by atoms with Crippen molar-refractivity contribution in [2.75, 3.05) is 0 Å². The predicted octanol–water partition coefficient (Wildman–Crippen LogP) is 2.21. The monoisotopic (exact) mass is 222 g/mol. The normalized spacial score (nSPS) is 9.77. The van der Waals surface area contributed by atoms with E-state index in [9.17, 15) is 0 Å². The molecule has 1 rings (SSSR count). The fraction of sp³-hybridized carbons (Fsp3) is 0.444. The number of nitrogens with two attached hydrogens (primary N) is 1. The molecule has 0 spiro atoms. The van der Waals surface area contributed by atoms with Crippen LogP contribution in [0.4, 0.5) is 0 Å². The van der Waals surface area contributed by atoms with E-state index < -0.39 is 0 Å². The third-order valence-electron chi connectivity index (χ3n) is 1.36. The highest BCUT2D eigenvalue weighted by molar-refractivity contribution is 5.85. The summed E-state index contributed by atoms with van der Waals surface area (Å²) in [5.74, 6) is 0. The molecule has 1 aromatic heterocycles. The Balaban J connectivity index is 0. The maximum atomic E-state index is 5.83. The van der Waals surface area contributed by atoms with Crippen LogP contribution in [-0.4, -0.2) is 10.5 Å². The Bertz CT molecular complexity index is 219. The Labute approximate surface area is 91.8 Å². The lowest BCUT2D eigenvalue weighted by molar-refractivity contribution is 0.510. The smallest absolute Gasteiger partial charge is 0.0421 e. The number of rotatable bonds is 2. The van der Waals surface area contributed by atoms with Gasteiger partial charge < -0.3 is 5.73 Å². The quantitative estimate of drug-likeness (QED) is 0.834. The van der Waals surface area contributed by atoms with Gasteiger partial charge >= 0.3 is 0 Å². The highest BCUT2D eigenvalue weighted by Gasteiger charge is 2.11. The van der Waals surface area contributed by atoms with Gasteiger partial charge in [-0.25, -0.2) is 0 Å². The van der Waals surface area contributed by atoms with Crippen molar-refractivity contribution < 1.29 is 0 Å². The molecule has 0 aliphatic rings. The van der Waals surface area contributed by atoms with Gasteiger partial charge in [-0.05, 0) is 26.0 Å². The highest BCUT2D eigenvalue weighted by atomic mass is 35.5. The van der Waals surface area contributed by atoms with Gasteiger partial charge in [0.05, 0.1) is 0 Å². The lowest BCUT2D eigenvalue weighted by Gasteiger charge is -2.16. The molecule has 2 nitrogen and oxygen atoms in total. The number of halogens is 2. The molecular weight excluding hydrogens is 207 g/mol. The zero-order chi connectivity index (χ0) is 8.32. The number of aromatic nitrogens is 1. The summed E-state index contributed by atoms with van der Waals surface area (Å²) in [6.07, 6.45) is 2.62. The van der Waals surface area contributed by atoms with Gasteiger partial charge in [-0.1, -0.05) is 6.07 Å². The van der Waals surface area contributed by atoms with E-state index in [1.807, 2.05) is 32.0 Å². The topological polar surface area (TPSA) is 38.9 Å². The lowest BCUT2D eigenvalue weighted by atomic mass is 10.00.